The molecule has 0 fully saturated rings. The van der Waals surface area contributed by atoms with Crippen LogP contribution in [-0.4, -0.2) is 23.6 Å². The molecule has 130 valence electrons. The van der Waals surface area contributed by atoms with Gasteiger partial charge in [0.1, 0.15) is 0 Å². The van der Waals surface area contributed by atoms with E-state index >= 15 is 0 Å². The number of carbonyl (C=O) groups excluding carboxylic acids is 1. The lowest BCUT2D eigenvalue weighted by molar-refractivity contribution is -0.385. The number of hydrogen-bond acceptors (Lipinski definition) is 7. The fraction of sp³-hybridized carbons (Fsp3) is 0.111. The summed E-state index contributed by atoms with van der Waals surface area (Å²) in [5, 5.41) is 11.1. The van der Waals surface area contributed by atoms with Crippen molar-refractivity contribution in [3.63, 3.8) is 0 Å². The van der Waals surface area contributed by atoms with Crippen LogP contribution >= 0.6 is 0 Å². The zero-order valence-electron chi connectivity index (χ0n) is 13.6. The Morgan fingerprint density at radius 2 is 1.96 bits per heavy atom. The standard InChI is InChI=1S/C18H12N2O6/c1-10-2-4-12(8-14(10)20(22)23)17-19-13(18(21)26-17)6-11-3-5-15-16(7-11)25-9-24-15/h2-8H,9H2,1H3. The molecule has 2 aromatic rings. The van der Waals surface area contributed by atoms with Gasteiger partial charge in [-0.15, -0.1) is 0 Å². The molecular weight excluding hydrogens is 340 g/mol. The normalized spacial score (nSPS) is 16.6. The van der Waals surface area contributed by atoms with Crippen LogP contribution in [0.2, 0.25) is 0 Å². The van der Waals surface area contributed by atoms with Gasteiger partial charge in [0.25, 0.3) is 5.69 Å². The van der Waals surface area contributed by atoms with Gasteiger partial charge in [0, 0.05) is 17.2 Å². The van der Waals surface area contributed by atoms with Crippen LogP contribution in [0, 0.1) is 17.0 Å². The van der Waals surface area contributed by atoms with Gasteiger partial charge in [0.2, 0.25) is 12.7 Å². The molecule has 0 bridgehead atoms. The highest BCUT2D eigenvalue weighted by Gasteiger charge is 2.26. The Kier molecular flexibility index (Phi) is 3.65. The number of aliphatic imine (C=N–C) groups is 1. The molecule has 0 N–H and O–H groups in total. The zero-order valence-corrected chi connectivity index (χ0v) is 13.6. The van der Waals surface area contributed by atoms with E-state index < -0.39 is 10.9 Å². The van der Waals surface area contributed by atoms with Gasteiger partial charge in [-0.05, 0) is 36.8 Å². The van der Waals surface area contributed by atoms with Crippen molar-refractivity contribution >= 4 is 23.6 Å². The molecule has 0 saturated carbocycles. The molecule has 8 nitrogen and oxygen atoms in total. The average Bonchev–Trinajstić information content (AvgIpc) is 3.21. The lowest BCUT2D eigenvalue weighted by Gasteiger charge is -2.01. The predicted molar refractivity (Wildman–Crippen MR) is 91.0 cm³/mol. The summed E-state index contributed by atoms with van der Waals surface area (Å²) < 4.78 is 15.7. The highest BCUT2D eigenvalue weighted by molar-refractivity contribution is 6.13. The van der Waals surface area contributed by atoms with Gasteiger partial charge < -0.3 is 14.2 Å². The van der Waals surface area contributed by atoms with E-state index in [0.717, 1.165) is 0 Å². The van der Waals surface area contributed by atoms with Crippen LogP contribution in [0.3, 0.4) is 0 Å². The molecule has 2 aromatic carbocycles. The van der Waals surface area contributed by atoms with Crippen LogP contribution < -0.4 is 9.47 Å². The summed E-state index contributed by atoms with van der Waals surface area (Å²) in [5.74, 6) is 0.632. The fourth-order valence-electron chi connectivity index (χ4n) is 2.63. The van der Waals surface area contributed by atoms with E-state index in [0.29, 0.717) is 28.2 Å². The SMILES string of the molecule is Cc1ccc(C2=NC(=Cc3ccc4c(c3)OCO4)C(=O)O2)cc1[N+](=O)[O-]. The fourth-order valence-corrected chi connectivity index (χ4v) is 2.63. The van der Waals surface area contributed by atoms with E-state index in [9.17, 15) is 14.9 Å². The highest BCUT2D eigenvalue weighted by atomic mass is 16.7. The summed E-state index contributed by atoms with van der Waals surface area (Å²) in [5.41, 5.74) is 1.61. The number of aryl methyl sites for hydroxylation is 1. The van der Waals surface area contributed by atoms with Crippen molar-refractivity contribution in [2.24, 2.45) is 4.99 Å². The van der Waals surface area contributed by atoms with Crippen LogP contribution in [0.15, 0.2) is 47.1 Å². The lowest BCUT2D eigenvalue weighted by Crippen LogP contribution is -2.06. The number of nitro benzene ring substituents is 1. The first-order valence-corrected chi connectivity index (χ1v) is 7.69. The molecule has 8 heteroatoms. The van der Waals surface area contributed by atoms with Gasteiger partial charge in [-0.3, -0.25) is 10.1 Å². The van der Waals surface area contributed by atoms with E-state index in [1.54, 1.807) is 43.3 Å². The summed E-state index contributed by atoms with van der Waals surface area (Å²) in [6, 6.07) is 9.78. The van der Waals surface area contributed by atoms with E-state index in [1.165, 1.54) is 6.07 Å². The first kappa shape index (κ1) is 15.8. The van der Waals surface area contributed by atoms with Gasteiger partial charge in [0.15, 0.2) is 17.2 Å². The topological polar surface area (TPSA) is 100 Å². The Labute approximate surface area is 147 Å². The number of benzene rings is 2. The number of nitrogens with zero attached hydrogens (tertiary/aromatic N) is 2. The number of rotatable bonds is 3. The van der Waals surface area contributed by atoms with Crippen molar-refractivity contribution in [1.82, 2.24) is 0 Å². The predicted octanol–water partition coefficient (Wildman–Crippen LogP) is 2.98. The van der Waals surface area contributed by atoms with Crippen molar-refractivity contribution in [3.8, 4) is 11.5 Å². The number of ether oxygens (including phenoxy) is 3. The maximum atomic E-state index is 12.1. The Balaban J connectivity index is 1.67. The molecule has 26 heavy (non-hydrogen) atoms. The Bertz CT molecular complexity index is 1010. The third-order valence-corrected chi connectivity index (χ3v) is 3.97. The molecule has 0 aliphatic carbocycles. The zero-order chi connectivity index (χ0) is 18.3. The molecule has 2 aliphatic heterocycles. The summed E-state index contributed by atoms with van der Waals surface area (Å²) in [6.07, 6.45) is 1.56. The van der Waals surface area contributed by atoms with E-state index in [4.69, 9.17) is 14.2 Å². The van der Waals surface area contributed by atoms with Crippen LogP contribution in [0.4, 0.5) is 5.69 Å². The quantitative estimate of drug-likeness (QED) is 0.364. The molecule has 2 heterocycles. The molecule has 0 spiro atoms. The minimum atomic E-state index is -0.624. The van der Waals surface area contributed by atoms with Gasteiger partial charge >= 0.3 is 5.97 Å². The van der Waals surface area contributed by atoms with Gasteiger partial charge in [-0.25, -0.2) is 9.79 Å². The second-order valence-corrected chi connectivity index (χ2v) is 5.71. The number of nitro groups is 1. The summed E-state index contributed by atoms with van der Waals surface area (Å²) in [4.78, 5) is 26.8. The van der Waals surface area contributed by atoms with Crippen LogP contribution in [0.25, 0.3) is 6.08 Å². The summed E-state index contributed by atoms with van der Waals surface area (Å²) >= 11 is 0. The van der Waals surface area contributed by atoms with E-state index in [1.807, 2.05) is 0 Å². The van der Waals surface area contributed by atoms with Crippen LogP contribution in [0.5, 0.6) is 11.5 Å². The second kappa shape index (κ2) is 5.99. The molecule has 0 radical (unpaired) electrons. The Morgan fingerprint density at radius 1 is 1.15 bits per heavy atom. The minimum absolute atomic E-state index is 0.0325. The van der Waals surface area contributed by atoms with Crippen LogP contribution in [-0.2, 0) is 9.53 Å². The lowest BCUT2D eigenvalue weighted by atomic mass is 10.1. The maximum Gasteiger partial charge on any atom is 0.363 e. The third-order valence-electron chi connectivity index (χ3n) is 3.97. The minimum Gasteiger partial charge on any atom is -0.454 e. The van der Waals surface area contributed by atoms with E-state index in [-0.39, 0.29) is 24.1 Å². The second-order valence-electron chi connectivity index (χ2n) is 5.71. The monoisotopic (exact) mass is 352 g/mol. The molecule has 0 amide bonds. The number of esters is 1. The van der Waals surface area contributed by atoms with E-state index in [2.05, 4.69) is 4.99 Å². The summed E-state index contributed by atoms with van der Waals surface area (Å²) in [6.45, 7) is 1.79. The highest BCUT2D eigenvalue weighted by Crippen LogP contribution is 2.33. The summed E-state index contributed by atoms with van der Waals surface area (Å²) in [7, 11) is 0. The average molecular weight is 352 g/mol. The van der Waals surface area contributed by atoms with Gasteiger partial charge in [-0.2, -0.15) is 0 Å². The third kappa shape index (κ3) is 2.77. The molecule has 0 saturated heterocycles. The Hall–Kier alpha value is -3.68. The van der Waals surface area contributed by atoms with Crippen molar-refractivity contribution < 1.29 is 23.9 Å². The van der Waals surface area contributed by atoms with Crippen molar-refractivity contribution in [2.75, 3.05) is 6.79 Å². The molecular formula is C18H12N2O6. The number of carbonyl (C=O) groups is 1. The number of cyclic esters (lactones) is 1. The molecule has 0 unspecified atom stereocenters. The maximum absolute atomic E-state index is 12.1. The first-order valence-electron chi connectivity index (χ1n) is 7.69. The molecule has 0 atom stereocenters. The van der Waals surface area contributed by atoms with Crippen molar-refractivity contribution in [1.29, 1.82) is 0 Å². The largest absolute Gasteiger partial charge is 0.454 e. The van der Waals surface area contributed by atoms with Crippen molar-refractivity contribution in [2.45, 2.75) is 6.92 Å². The first-order chi connectivity index (χ1) is 12.5. The Morgan fingerprint density at radius 3 is 2.77 bits per heavy atom. The molecule has 2 aliphatic rings. The number of hydrogen-bond donors (Lipinski definition) is 0. The van der Waals surface area contributed by atoms with Crippen molar-refractivity contribution in [3.05, 3.63) is 68.9 Å². The molecule has 0 aromatic heterocycles. The van der Waals surface area contributed by atoms with Gasteiger partial charge in [0.05, 0.1) is 4.92 Å². The molecule has 4 rings (SSSR count). The van der Waals surface area contributed by atoms with Gasteiger partial charge in [-0.1, -0.05) is 12.1 Å². The smallest absolute Gasteiger partial charge is 0.363 e. The van der Waals surface area contributed by atoms with Crippen LogP contribution in [0.1, 0.15) is 16.7 Å². The number of fused-ring (bicyclic) bond motifs is 1.